The van der Waals surface area contributed by atoms with Crippen molar-refractivity contribution in [1.82, 2.24) is 4.98 Å². The fourth-order valence-corrected chi connectivity index (χ4v) is 2.84. The summed E-state index contributed by atoms with van der Waals surface area (Å²) in [6, 6.07) is 10.7. The zero-order valence-electron chi connectivity index (χ0n) is 10.1. The van der Waals surface area contributed by atoms with Gasteiger partial charge in [0.25, 0.3) is 0 Å². The van der Waals surface area contributed by atoms with Crippen molar-refractivity contribution in [3.8, 4) is 10.6 Å². The van der Waals surface area contributed by atoms with Crippen LogP contribution in [0.1, 0.15) is 5.56 Å². The number of rotatable bonds is 1. The van der Waals surface area contributed by atoms with E-state index in [1.165, 1.54) is 17.4 Å². The Morgan fingerprint density at radius 1 is 1.05 bits per heavy atom. The van der Waals surface area contributed by atoms with Gasteiger partial charge in [0, 0.05) is 11.3 Å². The molecule has 0 saturated heterocycles. The molecule has 0 aliphatic carbocycles. The van der Waals surface area contributed by atoms with Crippen molar-refractivity contribution in [2.24, 2.45) is 0 Å². The lowest BCUT2D eigenvalue weighted by Gasteiger charge is -2.04. The lowest BCUT2D eigenvalue weighted by atomic mass is 10.2. The lowest BCUT2D eigenvalue weighted by molar-refractivity contribution is -0.137. The van der Waals surface area contributed by atoms with Crippen molar-refractivity contribution in [2.45, 2.75) is 6.18 Å². The van der Waals surface area contributed by atoms with Crippen LogP contribution in [0.25, 0.3) is 20.8 Å². The maximum Gasteiger partial charge on any atom is 0.416 e. The van der Waals surface area contributed by atoms with E-state index in [1.54, 1.807) is 18.2 Å². The number of nitrogens with two attached hydrogens (primary N) is 1. The summed E-state index contributed by atoms with van der Waals surface area (Å²) in [5.74, 6) is 0. The van der Waals surface area contributed by atoms with E-state index in [9.17, 15) is 13.2 Å². The molecule has 0 aliphatic heterocycles. The Labute approximate surface area is 116 Å². The second kappa shape index (κ2) is 4.49. The topological polar surface area (TPSA) is 38.9 Å². The monoisotopic (exact) mass is 294 g/mol. The number of nitrogens with zero attached hydrogens (tertiary/aromatic N) is 1. The zero-order valence-corrected chi connectivity index (χ0v) is 10.9. The van der Waals surface area contributed by atoms with Crippen LogP contribution < -0.4 is 5.73 Å². The van der Waals surface area contributed by atoms with Crippen LogP contribution in [-0.2, 0) is 6.18 Å². The Hall–Kier alpha value is -2.08. The highest BCUT2D eigenvalue weighted by molar-refractivity contribution is 7.21. The second-order valence-electron chi connectivity index (χ2n) is 4.32. The molecule has 0 bridgehead atoms. The summed E-state index contributed by atoms with van der Waals surface area (Å²) in [5.41, 5.74) is 6.76. The van der Waals surface area contributed by atoms with Gasteiger partial charge in [0.05, 0.1) is 15.8 Å². The molecule has 0 spiro atoms. The van der Waals surface area contributed by atoms with Gasteiger partial charge in [-0.1, -0.05) is 12.1 Å². The van der Waals surface area contributed by atoms with Gasteiger partial charge >= 0.3 is 6.18 Å². The Kier molecular flexibility index (Phi) is 2.90. The van der Waals surface area contributed by atoms with E-state index >= 15 is 0 Å². The molecule has 2 N–H and O–H groups in total. The van der Waals surface area contributed by atoms with Crippen LogP contribution in [-0.4, -0.2) is 4.98 Å². The van der Waals surface area contributed by atoms with Crippen molar-refractivity contribution in [3.05, 3.63) is 48.0 Å². The molecular formula is C14H9F3N2S. The van der Waals surface area contributed by atoms with Gasteiger partial charge < -0.3 is 5.73 Å². The number of alkyl halides is 3. The summed E-state index contributed by atoms with van der Waals surface area (Å²) in [7, 11) is 0. The minimum Gasteiger partial charge on any atom is -0.399 e. The summed E-state index contributed by atoms with van der Waals surface area (Å²) in [5, 5.41) is 0.659. The Morgan fingerprint density at radius 2 is 1.85 bits per heavy atom. The summed E-state index contributed by atoms with van der Waals surface area (Å²) < 4.78 is 38.7. The summed E-state index contributed by atoms with van der Waals surface area (Å²) >= 11 is 1.34. The Balaban J connectivity index is 2.11. The van der Waals surface area contributed by atoms with Crippen molar-refractivity contribution < 1.29 is 13.2 Å². The average molecular weight is 294 g/mol. The molecule has 0 radical (unpaired) electrons. The average Bonchev–Trinajstić information content (AvgIpc) is 2.80. The quantitative estimate of drug-likeness (QED) is 0.668. The first-order valence-corrected chi connectivity index (χ1v) is 6.59. The van der Waals surface area contributed by atoms with Crippen LogP contribution in [0.2, 0.25) is 0 Å². The molecule has 2 aromatic carbocycles. The van der Waals surface area contributed by atoms with Gasteiger partial charge in [0.15, 0.2) is 0 Å². The fourth-order valence-electron chi connectivity index (χ4n) is 1.90. The molecule has 0 aliphatic rings. The Bertz CT molecular complexity index is 777. The van der Waals surface area contributed by atoms with E-state index in [2.05, 4.69) is 4.98 Å². The minimum atomic E-state index is -4.35. The predicted molar refractivity (Wildman–Crippen MR) is 74.5 cm³/mol. The molecule has 1 heterocycles. The molecule has 6 heteroatoms. The maximum absolute atomic E-state index is 12.7. The Morgan fingerprint density at radius 3 is 2.55 bits per heavy atom. The van der Waals surface area contributed by atoms with Crippen LogP contribution in [0.4, 0.5) is 18.9 Å². The number of thiazole rings is 1. The van der Waals surface area contributed by atoms with Crippen LogP contribution in [0.5, 0.6) is 0 Å². The van der Waals surface area contributed by atoms with E-state index in [0.717, 1.165) is 22.4 Å². The number of benzene rings is 2. The van der Waals surface area contributed by atoms with E-state index in [0.29, 0.717) is 16.2 Å². The van der Waals surface area contributed by atoms with Crippen molar-refractivity contribution in [1.29, 1.82) is 0 Å². The van der Waals surface area contributed by atoms with E-state index in [-0.39, 0.29) is 0 Å². The standard InChI is InChI=1S/C14H9F3N2S/c15-14(16,17)9-4-5-12-11(7-9)19-13(20-12)8-2-1-3-10(18)6-8/h1-7H,18H2. The highest BCUT2D eigenvalue weighted by atomic mass is 32.1. The second-order valence-corrected chi connectivity index (χ2v) is 5.36. The zero-order chi connectivity index (χ0) is 14.3. The van der Waals surface area contributed by atoms with Gasteiger partial charge in [-0.3, -0.25) is 0 Å². The van der Waals surface area contributed by atoms with Crippen molar-refractivity contribution in [2.75, 3.05) is 5.73 Å². The van der Waals surface area contributed by atoms with Crippen LogP contribution >= 0.6 is 11.3 Å². The summed E-state index contributed by atoms with van der Waals surface area (Å²) in [4.78, 5) is 4.26. The SMILES string of the molecule is Nc1cccc(-c2nc3cc(C(F)(F)F)ccc3s2)c1. The first-order valence-electron chi connectivity index (χ1n) is 5.77. The predicted octanol–water partition coefficient (Wildman–Crippen LogP) is 4.56. The van der Waals surface area contributed by atoms with E-state index in [1.807, 2.05) is 6.07 Å². The number of fused-ring (bicyclic) bond motifs is 1. The third-order valence-electron chi connectivity index (χ3n) is 2.85. The summed E-state index contributed by atoms with van der Waals surface area (Å²) in [6.45, 7) is 0. The number of halogens is 3. The largest absolute Gasteiger partial charge is 0.416 e. The normalized spacial score (nSPS) is 11.9. The molecule has 1 aromatic heterocycles. The van der Waals surface area contributed by atoms with Crippen LogP contribution in [0, 0.1) is 0 Å². The van der Waals surface area contributed by atoms with Crippen molar-refractivity contribution >= 4 is 27.2 Å². The number of nitrogen functional groups attached to an aromatic ring is 1. The van der Waals surface area contributed by atoms with Crippen LogP contribution in [0.3, 0.4) is 0 Å². The molecule has 0 atom stereocenters. The molecule has 3 aromatic rings. The number of hydrogen-bond donors (Lipinski definition) is 1. The van der Waals surface area contributed by atoms with Gasteiger partial charge in [-0.15, -0.1) is 11.3 Å². The van der Waals surface area contributed by atoms with Gasteiger partial charge in [0.2, 0.25) is 0 Å². The third-order valence-corrected chi connectivity index (χ3v) is 3.93. The number of aromatic nitrogens is 1. The van der Waals surface area contributed by atoms with Crippen LogP contribution in [0.15, 0.2) is 42.5 Å². The van der Waals surface area contributed by atoms with E-state index in [4.69, 9.17) is 5.73 Å². The fraction of sp³-hybridized carbons (Fsp3) is 0.0714. The molecule has 0 saturated carbocycles. The summed E-state index contributed by atoms with van der Waals surface area (Å²) in [6.07, 6.45) is -4.35. The highest BCUT2D eigenvalue weighted by Gasteiger charge is 2.30. The molecule has 0 fully saturated rings. The molecule has 2 nitrogen and oxygen atoms in total. The molecule has 102 valence electrons. The number of anilines is 1. The lowest BCUT2D eigenvalue weighted by Crippen LogP contribution is -2.03. The highest BCUT2D eigenvalue weighted by Crippen LogP contribution is 2.35. The molecule has 0 amide bonds. The van der Waals surface area contributed by atoms with Gasteiger partial charge in [0.1, 0.15) is 5.01 Å². The molecular weight excluding hydrogens is 285 g/mol. The first kappa shape index (κ1) is 12.9. The maximum atomic E-state index is 12.7. The van der Waals surface area contributed by atoms with Gasteiger partial charge in [-0.05, 0) is 30.3 Å². The molecule has 20 heavy (non-hydrogen) atoms. The molecule has 3 rings (SSSR count). The molecule has 0 unspecified atom stereocenters. The first-order chi connectivity index (χ1) is 9.43. The van der Waals surface area contributed by atoms with E-state index < -0.39 is 11.7 Å². The number of hydrogen-bond acceptors (Lipinski definition) is 3. The van der Waals surface area contributed by atoms with Crippen molar-refractivity contribution in [3.63, 3.8) is 0 Å². The minimum absolute atomic E-state index is 0.349. The smallest absolute Gasteiger partial charge is 0.399 e. The van der Waals surface area contributed by atoms with Gasteiger partial charge in [-0.25, -0.2) is 4.98 Å². The van der Waals surface area contributed by atoms with Gasteiger partial charge in [-0.2, -0.15) is 13.2 Å². The third kappa shape index (κ3) is 2.34.